The zero-order chi connectivity index (χ0) is 20.1. The third-order valence-electron chi connectivity index (χ3n) is 6.04. The van der Waals surface area contributed by atoms with Gasteiger partial charge in [0, 0.05) is 35.2 Å². The summed E-state index contributed by atoms with van der Waals surface area (Å²) >= 11 is 2.12. The third kappa shape index (κ3) is 4.69. The van der Waals surface area contributed by atoms with E-state index in [4.69, 9.17) is 10.8 Å². The van der Waals surface area contributed by atoms with Crippen molar-refractivity contribution < 1.29 is 0 Å². The Morgan fingerprint density at radius 3 is 2.32 bits per heavy atom. The van der Waals surface area contributed by atoms with E-state index in [1.54, 1.807) is 6.08 Å². The SMILES string of the molecule is C=C(N/C(C=N)=C/C=N)N1CCC(C2(Sc3cc(C)cc(C)c3)CCC2)CC1. The molecule has 0 amide bonds. The molecule has 1 saturated heterocycles. The van der Waals surface area contributed by atoms with E-state index in [1.165, 1.54) is 60.6 Å². The maximum atomic E-state index is 7.43. The second-order valence-corrected chi connectivity index (χ2v) is 9.60. The van der Waals surface area contributed by atoms with Crippen molar-refractivity contribution in [1.29, 1.82) is 10.8 Å². The first-order valence-electron chi connectivity index (χ1n) is 10.2. The lowest BCUT2D eigenvalue weighted by Gasteiger charge is -2.50. The highest BCUT2D eigenvalue weighted by Gasteiger charge is 2.45. The predicted molar refractivity (Wildman–Crippen MR) is 121 cm³/mol. The van der Waals surface area contributed by atoms with E-state index in [0.29, 0.717) is 10.4 Å². The van der Waals surface area contributed by atoms with E-state index in [1.807, 2.05) is 0 Å². The van der Waals surface area contributed by atoms with Crippen LogP contribution in [0.25, 0.3) is 0 Å². The minimum absolute atomic E-state index is 0.404. The number of thioether (sulfide) groups is 1. The summed E-state index contributed by atoms with van der Waals surface area (Å²) in [7, 11) is 0. The van der Waals surface area contributed by atoms with Crippen LogP contribution in [0.15, 0.2) is 47.3 Å². The van der Waals surface area contributed by atoms with Crippen LogP contribution in [0, 0.1) is 30.6 Å². The Balaban J connectivity index is 1.61. The van der Waals surface area contributed by atoms with Crippen LogP contribution in [0.3, 0.4) is 0 Å². The van der Waals surface area contributed by atoms with E-state index >= 15 is 0 Å². The average molecular weight is 397 g/mol. The monoisotopic (exact) mass is 396 g/mol. The molecule has 1 aliphatic heterocycles. The molecule has 2 fully saturated rings. The molecule has 1 aromatic carbocycles. The number of hydrogen-bond acceptors (Lipinski definition) is 5. The molecule has 4 nitrogen and oxygen atoms in total. The summed E-state index contributed by atoms with van der Waals surface area (Å²) in [5, 5.41) is 17.8. The van der Waals surface area contributed by atoms with Crippen LogP contribution in [0.4, 0.5) is 0 Å². The van der Waals surface area contributed by atoms with E-state index in [9.17, 15) is 0 Å². The molecular formula is C23H32N4S. The maximum Gasteiger partial charge on any atom is 0.0983 e. The first-order valence-corrected chi connectivity index (χ1v) is 11.0. The van der Waals surface area contributed by atoms with Gasteiger partial charge in [0.25, 0.3) is 0 Å². The van der Waals surface area contributed by atoms with Crippen molar-refractivity contribution in [3.05, 3.63) is 53.5 Å². The number of likely N-dealkylation sites (tertiary alicyclic amines) is 1. The predicted octanol–water partition coefficient (Wildman–Crippen LogP) is 5.27. The average Bonchev–Trinajstić information content (AvgIpc) is 2.63. The molecule has 1 aliphatic carbocycles. The Bertz CT molecular complexity index is 751. The van der Waals surface area contributed by atoms with Gasteiger partial charge in [-0.15, -0.1) is 11.8 Å². The molecular weight excluding hydrogens is 364 g/mol. The maximum absolute atomic E-state index is 7.43. The van der Waals surface area contributed by atoms with Gasteiger partial charge in [0.05, 0.1) is 11.5 Å². The molecule has 3 N–H and O–H groups in total. The standard InChI is InChI=1S/C23H32N4S/c1-17-13-18(2)15-22(14-17)28-23(8-4-9-23)20-6-11-27(12-7-20)19(3)26-21(16-25)5-10-24/h5,10,13-16,20,24-26H,3-4,6-9,11-12H2,1-2H3/b21-5+,24-10?,25-16?. The highest BCUT2D eigenvalue weighted by molar-refractivity contribution is 8.00. The topological polar surface area (TPSA) is 63.0 Å². The van der Waals surface area contributed by atoms with E-state index in [0.717, 1.165) is 24.8 Å². The van der Waals surface area contributed by atoms with Gasteiger partial charge in [-0.05, 0) is 74.8 Å². The number of rotatable bonds is 8. The van der Waals surface area contributed by atoms with Gasteiger partial charge in [-0.1, -0.05) is 19.1 Å². The molecule has 0 radical (unpaired) electrons. The van der Waals surface area contributed by atoms with Crippen LogP contribution >= 0.6 is 11.8 Å². The summed E-state index contributed by atoms with van der Waals surface area (Å²) in [6.45, 7) is 10.5. The van der Waals surface area contributed by atoms with Crippen LogP contribution in [0.5, 0.6) is 0 Å². The fourth-order valence-electron chi connectivity index (χ4n) is 4.48. The van der Waals surface area contributed by atoms with Gasteiger partial charge >= 0.3 is 0 Å². The molecule has 3 rings (SSSR count). The minimum atomic E-state index is 0.404. The second kappa shape index (κ2) is 8.99. The summed E-state index contributed by atoms with van der Waals surface area (Å²) in [6, 6.07) is 6.93. The quantitative estimate of drug-likeness (QED) is 0.524. The van der Waals surface area contributed by atoms with Gasteiger partial charge in [-0.2, -0.15) is 0 Å². The largest absolute Gasteiger partial charge is 0.359 e. The van der Waals surface area contributed by atoms with Gasteiger partial charge < -0.3 is 21.0 Å². The van der Waals surface area contributed by atoms with Crippen molar-refractivity contribution in [2.24, 2.45) is 5.92 Å². The summed E-state index contributed by atoms with van der Waals surface area (Å²) < 4.78 is 0.404. The van der Waals surface area contributed by atoms with Crippen molar-refractivity contribution in [3.63, 3.8) is 0 Å². The fraction of sp³-hybridized carbons (Fsp3) is 0.478. The smallest absolute Gasteiger partial charge is 0.0983 e. The van der Waals surface area contributed by atoms with Crippen LogP contribution in [-0.2, 0) is 0 Å². The van der Waals surface area contributed by atoms with Crippen LogP contribution in [0.2, 0.25) is 0 Å². The van der Waals surface area contributed by atoms with Crippen molar-refractivity contribution >= 4 is 24.2 Å². The molecule has 0 atom stereocenters. The van der Waals surface area contributed by atoms with Gasteiger partial charge in [0.2, 0.25) is 0 Å². The van der Waals surface area contributed by atoms with Gasteiger partial charge in [0.1, 0.15) is 0 Å². The zero-order valence-electron chi connectivity index (χ0n) is 17.1. The highest BCUT2D eigenvalue weighted by Crippen LogP contribution is 2.55. The molecule has 1 heterocycles. The molecule has 150 valence electrons. The Morgan fingerprint density at radius 1 is 1.18 bits per heavy atom. The first kappa shape index (κ1) is 20.7. The molecule has 1 aromatic rings. The number of nitrogens with one attached hydrogen (secondary N) is 3. The highest BCUT2D eigenvalue weighted by atomic mass is 32.2. The Morgan fingerprint density at radius 2 is 1.82 bits per heavy atom. The third-order valence-corrected chi connectivity index (χ3v) is 7.66. The lowest BCUT2D eigenvalue weighted by Crippen LogP contribution is -2.47. The molecule has 0 unspecified atom stereocenters. The van der Waals surface area contributed by atoms with Gasteiger partial charge in [-0.3, -0.25) is 0 Å². The van der Waals surface area contributed by atoms with E-state index in [2.05, 4.69) is 60.6 Å². The minimum Gasteiger partial charge on any atom is -0.359 e. The number of allylic oxidation sites excluding steroid dienone is 2. The lowest BCUT2D eigenvalue weighted by atomic mass is 9.71. The molecule has 0 aromatic heterocycles. The Hall–Kier alpha value is -2.01. The van der Waals surface area contributed by atoms with Crippen LogP contribution in [-0.4, -0.2) is 35.2 Å². The number of piperidine rings is 1. The summed E-state index contributed by atoms with van der Waals surface area (Å²) in [6.07, 6.45) is 10.4. The summed E-state index contributed by atoms with van der Waals surface area (Å²) in [5.41, 5.74) is 3.31. The Labute approximate surface area is 173 Å². The number of nitrogens with zero attached hydrogens (tertiary/aromatic N) is 1. The van der Waals surface area contributed by atoms with Gasteiger partial charge in [-0.25, -0.2) is 0 Å². The normalized spacial score (nSPS) is 19.6. The number of hydrogen-bond donors (Lipinski definition) is 3. The molecule has 1 saturated carbocycles. The van der Waals surface area contributed by atoms with Crippen molar-refractivity contribution in [3.8, 4) is 0 Å². The molecule has 5 heteroatoms. The molecule has 28 heavy (non-hydrogen) atoms. The summed E-state index contributed by atoms with van der Waals surface area (Å²) in [4.78, 5) is 3.71. The van der Waals surface area contributed by atoms with E-state index in [-0.39, 0.29) is 0 Å². The second-order valence-electron chi connectivity index (χ2n) is 8.11. The number of aryl methyl sites for hydroxylation is 2. The Kier molecular flexibility index (Phi) is 6.65. The van der Waals surface area contributed by atoms with Crippen LogP contribution in [0.1, 0.15) is 43.2 Å². The number of benzene rings is 1. The molecule has 0 spiro atoms. The molecule has 0 bridgehead atoms. The zero-order valence-corrected chi connectivity index (χ0v) is 17.9. The fourth-order valence-corrected chi connectivity index (χ4v) is 6.34. The van der Waals surface area contributed by atoms with Crippen molar-refractivity contribution in [1.82, 2.24) is 10.2 Å². The molecule has 2 aliphatic rings. The lowest BCUT2D eigenvalue weighted by molar-refractivity contribution is 0.147. The van der Waals surface area contributed by atoms with Crippen LogP contribution < -0.4 is 5.32 Å². The van der Waals surface area contributed by atoms with Gasteiger partial charge in [0.15, 0.2) is 0 Å². The first-order chi connectivity index (χ1) is 13.5. The van der Waals surface area contributed by atoms with E-state index < -0.39 is 0 Å². The summed E-state index contributed by atoms with van der Waals surface area (Å²) in [5.74, 6) is 1.58. The van der Waals surface area contributed by atoms with Crippen molar-refractivity contribution in [2.45, 2.75) is 55.6 Å². The van der Waals surface area contributed by atoms with Crippen molar-refractivity contribution in [2.75, 3.05) is 13.1 Å².